The average Bonchev–Trinajstić information content (AvgIpc) is 3.24. The van der Waals surface area contributed by atoms with Crippen LogP contribution >= 0.6 is 11.8 Å². The van der Waals surface area contributed by atoms with Crippen molar-refractivity contribution in [2.75, 3.05) is 19.7 Å². The van der Waals surface area contributed by atoms with Gasteiger partial charge in [-0.1, -0.05) is 19.4 Å². The monoisotopic (exact) mass is 424 g/mol. The Morgan fingerprint density at radius 2 is 2.14 bits per heavy atom. The van der Waals surface area contributed by atoms with Crippen molar-refractivity contribution in [2.24, 2.45) is 11.8 Å². The van der Waals surface area contributed by atoms with E-state index in [-0.39, 0.29) is 18.4 Å². The van der Waals surface area contributed by atoms with Gasteiger partial charge in [0.1, 0.15) is 6.04 Å². The third-order valence-electron chi connectivity index (χ3n) is 6.90. The maximum absolute atomic E-state index is 13.8. The second-order valence-corrected chi connectivity index (χ2v) is 10.7. The maximum atomic E-state index is 13.8. The Balaban J connectivity index is 2.07. The van der Waals surface area contributed by atoms with Gasteiger partial charge in [-0.2, -0.15) is 0 Å². The quantitative estimate of drug-likeness (QED) is 0.547. The van der Waals surface area contributed by atoms with Gasteiger partial charge in [-0.05, 0) is 33.1 Å². The van der Waals surface area contributed by atoms with Crippen molar-refractivity contribution in [1.29, 1.82) is 0 Å². The molecule has 3 heterocycles. The lowest BCUT2D eigenvalue weighted by atomic mass is 9.66. The topological polar surface area (TPSA) is 98.2 Å². The summed E-state index contributed by atoms with van der Waals surface area (Å²) in [6.07, 6.45) is 4.76. The van der Waals surface area contributed by atoms with Crippen molar-refractivity contribution in [1.82, 2.24) is 9.80 Å². The predicted molar refractivity (Wildman–Crippen MR) is 111 cm³/mol. The van der Waals surface area contributed by atoms with Gasteiger partial charge in [-0.3, -0.25) is 14.4 Å². The number of unbranched alkanes of at least 4 members (excludes halogenated alkanes) is 1. The second-order valence-electron chi connectivity index (χ2n) is 8.77. The minimum Gasteiger partial charge on any atom is -0.481 e. The van der Waals surface area contributed by atoms with E-state index < -0.39 is 39.4 Å². The second kappa shape index (κ2) is 7.95. The van der Waals surface area contributed by atoms with Gasteiger partial charge in [0.2, 0.25) is 11.8 Å². The van der Waals surface area contributed by atoms with E-state index in [9.17, 15) is 24.6 Å². The molecular weight excluding hydrogens is 392 g/mol. The number of carbonyl (C=O) groups is 3. The molecule has 2 N–H and O–H groups in total. The summed E-state index contributed by atoms with van der Waals surface area (Å²) in [7, 11) is 0. The van der Waals surface area contributed by atoms with Gasteiger partial charge in [0, 0.05) is 17.8 Å². The minimum absolute atomic E-state index is 0.155. The minimum atomic E-state index is -0.974. The van der Waals surface area contributed by atoms with E-state index in [4.69, 9.17) is 0 Å². The highest BCUT2D eigenvalue weighted by atomic mass is 32.2. The number of carboxylic acids is 1. The number of hydrogen-bond donors (Lipinski definition) is 2. The summed E-state index contributed by atoms with van der Waals surface area (Å²) < 4.78 is -1.30. The van der Waals surface area contributed by atoms with Crippen LogP contribution in [0.1, 0.15) is 46.5 Å². The fraction of sp³-hybridized carbons (Fsp3) is 0.762. The smallest absolute Gasteiger partial charge is 0.308 e. The van der Waals surface area contributed by atoms with Crippen LogP contribution in [0.3, 0.4) is 0 Å². The maximum Gasteiger partial charge on any atom is 0.308 e. The highest BCUT2D eigenvalue weighted by Crippen LogP contribution is 2.71. The molecule has 0 aromatic heterocycles. The first-order chi connectivity index (χ1) is 13.7. The summed E-state index contributed by atoms with van der Waals surface area (Å²) in [5.74, 6) is -2.98. The van der Waals surface area contributed by atoms with E-state index >= 15 is 0 Å². The number of likely N-dealkylation sites (tertiary alicyclic amines) is 1. The van der Waals surface area contributed by atoms with E-state index in [1.165, 1.54) is 16.7 Å². The molecule has 3 fully saturated rings. The number of carbonyl (C=O) groups excluding carboxylic acids is 2. The number of aliphatic hydroxyl groups is 1. The van der Waals surface area contributed by atoms with Crippen LogP contribution in [0.4, 0.5) is 0 Å². The normalized spacial score (nSPS) is 36.2. The average molecular weight is 425 g/mol. The molecule has 6 atom stereocenters. The Labute approximate surface area is 176 Å². The Hall–Kier alpha value is -1.54. The lowest BCUT2D eigenvalue weighted by molar-refractivity contribution is -0.151. The molecule has 3 rings (SSSR count). The molecule has 8 heteroatoms. The van der Waals surface area contributed by atoms with Crippen molar-refractivity contribution >= 4 is 29.5 Å². The lowest BCUT2D eigenvalue weighted by Gasteiger charge is -2.38. The standard InChI is InChI=1S/C21H32N2O5S/c1-5-7-11-22(10-6-2)18(26)16-21-9-8-20(4,29-21)15(19(27)28)14(21)17(25)23(16)13(3)12-24/h6,13-16,24H,2,5,7-12H2,1,3-4H3,(H,27,28)/t13-,14+,15-,16?,20+,21?/m1/s1. The van der Waals surface area contributed by atoms with Crippen LogP contribution < -0.4 is 0 Å². The SMILES string of the molecule is C=CCN(CCCC)C(=O)C1N([C@H](C)CO)C(=O)[C@@H]2[C@H](C(=O)O)[C@]3(C)CCC12S3. The molecule has 2 unspecified atom stereocenters. The predicted octanol–water partition coefficient (Wildman–Crippen LogP) is 1.75. The molecule has 7 nitrogen and oxygen atoms in total. The van der Waals surface area contributed by atoms with Gasteiger partial charge in [-0.25, -0.2) is 0 Å². The number of aliphatic hydroxyl groups excluding tert-OH is 1. The molecule has 2 amide bonds. The number of hydrogen-bond acceptors (Lipinski definition) is 5. The molecular formula is C21H32N2O5S. The van der Waals surface area contributed by atoms with Crippen LogP contribution in [-0.2, 0) is 14.4 Å². The van der Waals surface area contributed by atoms with Gasteiger partial charge < -0.3 is 20.0 Å². The summed E-state index contributed by atoms with van der Waals surface area (Å²) in [6.45, 7) is 10.1. The van der Waals surface area contributed by atoms with Crippen LogP contribution in [0.15, 0.2) is 12.7 Å². The zero-order valence-electron chi connectivity index (χ0n) is 17.5. The summed E-state index contributed by atoms with van der Waals surface area (Å²) in [6, 6.07) is -1.30. The first-order valence-electron chi connectivity index (χ1n) is 10.4. The van der Waals surface area contributed by atoms with Crippen LogP contribution in [0.2, 0.25) is 0 Å². The fourth-order valence-electron chi connectivity index (χ4n) is 5.55. The first kappa shape index (κ1) is 22.2. The highest BCUT2D eigenvalue weighted by Gasteiger charge is 2.77. The molecule has 0 radical (unpaired) electrons. The van der Waals surface area contributed by atoms with Gasteiger partial charge in [0.15, 0.2) is 0 Å². The summed E-state index contributed by atoms with van der Waals surface area (Å²) >= 11 is 1.52. The number of nitrogens with zero attached hydrogens (tertiary/aromatic N) is 2. The number of fused-ring (bicyclic) bond motifs is 1. The molecule has 0 aromatic carbocycles. The molecule has 162 valence electrons. The zero-order valence-corrected chi connectivity index (χ0v) is 18.3. The molecule has 0 saturated carbocycles. The third kappa shape index (κ3) is 3.19. The molecule has 3 aliphatic heterocycles. The number of thioether (sulfide) groups is 1. The number of rotatable bonds is 9. The molecule has 3 aliphatic rings. The van der Waals surface area contributed by atoms with Crippen molar-refractivity contribution in [3.63, 3.8) is 0 Å². The Morgan fingerprint density at radius 3 is 2.69 bits per heavy atom. The first-order valence-corrected chi connectivity index (χ1v) is 11.3. The molecule has 29 heavy (non-hydrogen) atoms. The van der Waals surface area contributed by atoms with Crippen LogP contribution in [-0.4, -0.2) is 79.1 Å². The van der Waals surface area contributed by atoms with Crippen molar-refractivity contribution in [3.05, 3.63) is 12.7 Å². The third-order valence-corrected chi connectivity index (χ3v) is 8.88. The van der Waals surface area contributed by atoms with Crippen molar-refractivity contribution in [2.45, 2.75) is 68.0 Å². The summed E-state index contributed by atoms with van der Waals surface area (Å²) in [4.78, 5) is 42.6. The van der Waals surface area contributed by atoms with E-state index in [2.05, 4.69) is 13.5 Å². The Bertz CT molecular complexity index is 715. The van der Waals surface area contributed by atoms with Crippen molar-refractivity contribution in [3.8, 4) is 0 Å². The van der Waals surface area contributed by atoms with Crippen LogP contribution in [0, 0.1) is 11.8 Å². The largest absolute Gasteiger partial charge is 0.481 e. The van der Waals surface area contributed by atoms with Crippen molar-refractivity contribution < 1.29 is 24.6 Å². The van der Waals surface area contributed by atoms with Gasteiger partial charge in [0.25, 0.3) is 0 Å². The van der Waals surface area contributed by atoms with Gasteiger partial charge >= 0.3 is 5.97 Å². The summed E-state index contributed by atoms with van der Waals surface area (Å²) in [5, 5.41) is 19.7. The number of carboxylic acid groups (broad SMARTS) is 1. The molecule has 0 aromatic rings. The molecule has 2 bridgehead atoms. The number of amides is 2. The van der Waals surface area contributed by atoms with E-state index in [0.29, 0.717) is 25.9 Å². The number of aliphatic carboxylic acids is 1. The summed E-state index contributed by atoms with van der Waals surface area (Å²) in [5.41, 5.74) is 0. The molecule has 3 saturated heterocycles. The molecule has 0 aliphatic carbocycles. The van der Waals surface area contributed by atoms with Gasteiger partial charge in [0.05, 0.1) is 29.2 Å². The Morgan fingerprint density at radius 1 is 1.45 bits per heavy atom. The fourth-order valence-corrected chi connectivity index (χ4v) is 7.88. The van der Waals surface area contributed by atoms with Gasteiger partial charge in [-0.15, -0.1) is 18.3 Å². The Kier molecular flexibility index (Phi) is 6.07. The van der Waals surface area contributed by atoms with E-state index in [1.807, 2.05) is 6.92 Å². The molecule has 1 spiro atoms. The van der Waals surface area contributed by atoms with Crippen LogP contribution in [0.25, 0.3) is 0 Å². The van der Waals surface area contributed by atoms with Crippen LogP contribution in [0.5, 0.6) is 0 Å². The zero-order chi connectivity index (χ0) is 21.6. The van der Waals surface area contributed by atoms with E-state index in [0.717, 1.165) is 12.8 Å². The van der Waals surface area contributed by atoms with E-state index in [1.54, 1.807) is 17.9 Å². The highest BCUT2D eigenvalue weighted by molar-refractivity contribution is 8.02. The lowest BCUT2D eigenvalue weighted by Crippen LogP contribution is -2.57.